The highest BCUT2D eigenvalue weighted by Crippen LogP contribution is 2.36. The topological polar surface area (TPSA) is 82.4 Å². The van der Waals surface area contributed by atoms with Crippen molar-refractivity contribution in [1.82, 2.24) is 9.78 Å². The lowest BCUT2D eigenvalue weighted by Gasteiger charge is -2.20. The van der Waals surface area contributed by atoms with Crippen molar-refractivity contribution < 1.29 is 14.3 Å². The first-order valence-corrected chi connectivity index (χ1v) is 10.8. The average molecular weight is 454 g/mol. The Hall–Kier alpha value is -3.32. The molecule has 0 aliphatic heterocycles. The van der Waals surface area contributed by atoms with Crippen molar-refractivity contribution in [3.63, 3.8) is 0 Å². The van der Waals surface area contributed by atoms with E-state index in [1.807, 2.05) is 30.3 Å². The number of nitrogens with one attached hydrogen (secondary N) is 1. The van der Waals surface area contributed by atoms with Crippen molar-refractivity contribution in [3.05, 3.63) is 69.0 Å². The lowest BCUT2D eigenvalue weighted by molar-refractivity contribution is -0.117. The zero-order valence-corrected chi connectivity index (χ0v) is 18.7. The first kappa shape index (κ1) is 21.9. The van der Waals surface area contributed by atoms with Crippen LogP contribution >= 0.6 is 11.6 Å². The largest absolute Gasteiger partial charge is 0.495 e. The highest BCUT2D eigenvalue weighted by molar-refractivity contribution is 6.32. The van der Waals surface area contributed by atoms with Crippen LogP contribution in [0.4, 0.5) is 5.69 Å². The molecule has 0 spiro atoms. The van der Waals surface area contributed by atoms with Gasteiger partial charge in [0.25, 0.3) is 5.56 Å². The fraction of sp³-hybridized carbons (Fsp3) is 0.292. The Morgan fingerprint density at radius 1 is 1.06 bits per heavy atom. The smallest absolute Gasteiger partial charge is 0.270 e. The Kier molecular flexibility index (Phi) is 6.46. The monoisotopic (exact) mass is 453 g/mol. The molecule has 8 heteroatoms. The molecule has 32 heavy (non-hydrogen) atoms. The van der Waals surface area contributed by atoms with Gasteiger partial charge in [-0.2, -0.15) is 5.10 Å². The number of nitrogens with zero attached hydrogens (tertiary/aromatic N) is 2. The lowest BCUT2D eigenvalue weighted by Crippen LogP contribution is -2.34. The van der Waals surface area contributed by atoms with E-state index < -0.39 is 5.91 Å². The molecule has 1 aliphatic carbocycles. The van der Waals surface area contributed by atoms with Crippen molar-refractivity contribution in [3.8, 4) is 22.8 Å². The second-order valence-electron chi connectivity index (χ2n) is 7.58. The van der Waals surface area contributed by atoms with Gasteiger partial charge in [0.2, 0.25) is 5.91 Å². The van der Waals surface area contributed by atoms with Gasteiger partial charge < -0.3 is 14.8 Å². The molecule has 4 rings (SSSR count). The van der Waals surface area contributed by atoms with Gasteiger partial charge in [0.05, 0.1) is 30.6 Å². The Morgan fingerprint density at radius 2 is 1.75 bits per heavy atom. The molecule has 166 valence electrons. The van der Waals surface area contributed by atoms with Crippen LogP contribution in [0.2, 0.25) is 5.02 Å². The number of rotatable bonds is 6. The summed E-state index contributed by atoms with van der Waals surface area (Å²) < 4.78 is 11.8. The molecule has 7 nitrogen and oxygen atoms in total. The maximum atomic E-state index is 13.1. The van der Waals surface area contributed by atoms with Crippen LogP contribution in [0.15, 0.2) is 47.3 Å². The number of carbonyl (C=O) groups is 1. The van der Waals surface area contributed by atoms with E-state index in [2.05, 4.69) is 10.4 Å². The third-order valence-corrected chi connectivity index (χ3v) is 5.85. The Balaban J connectivity index is 1.67. The van der Waals surface area contributed by atoms with Crippen LogP contribution in [-0.4, -0.2) is 29.9 Å². The molecule has 0 bridgehead atoms. The standard InChI is InChI=1S/C24H24ClN3O4/c1-31-20-13-21(32-2)19(12-18(20)25)26-22(29)14-28-24(30)17-11-7-6-10-16(17)23(27-28)15-8-4-3-5-9-15/h3-5,8-9,12-13H,6-7,10-11,14H2,1-2H3,(H,26,29). The van der Waals surface area contributed by atoms with Gasteiger partial charge in [-0.1, -0.05) is 41.9 Å². The van der Waals surface area contributed by atoms with Gasteiger partial charge in [-0.3, -0.25) is 9.59 Å². The van der Waals surface area contributed by atoms with Crippen LogP contribution in [0.1, 0.15) is 24.0 Å². The van der Waals surface area contributed by atoms with Crippen LogP contribution in [0.3, 0.4) is 0 Å². The highest BCUT2D eigenvalue weighted by Gasteiger charge is 2.22. The number of fused-ring (bicyclic) bond motifs is 1. The number of aromatic nitrogens is 2. The van der Waals surface area contributed by atoms with E-state index in [9.17, 15) is 9.59 Å². The summed E-state index contributed by atoms with van der Waals surface area (Å²) in [6.07, 6.45) is 3.49. The summed E-state index contributed by atoms with van der Waals surface area (Å²) in [5, 5.41) is 7.69. The number of amides is 1. The van der Waals surface area contributed by atoms with Crippen molar-refractivity contribution in [2.45, 2.75) is 32.2 Å². The second kappa shape index (κ2) is 9.44. The number of anilines is 1. The first-order chi connectivity index (χ1) is 15.5. The maximum absolute atomic E-state index is 13.1. The van der Waals surface area contributed by atoms with Gasteiger partial charge in [-0.05, 0) is 37.3 Å². The zero-order valence-electron chi connectivity index (χ0n) is 18.0. The summed E-state index contributed by atoms with van der Waals surface area (Å²) in [7, 11) is 2.98. The molecule has 0 atom stereocenters. The van der Waals surface area contributed by atoms with Crippen molar-refractivity contribution in [2.24, 2.45) is 0 Å². The van der Waals surface area contributed by atoms with Crippen molar-refractivity contribution in [1.29, 1.82) is 0 Å². The molecule has 1 N–H and O–H groups in total. The van der Waals surface area contributed by atoms with Crippen molar-refractivity contribution >= 4 is 23.2 Å². The maximum Gasteiger partial charge on any atom is 0.270 e. The third-order valence-electron chi connectivity index (χ3n) is 5.56. The summed E-state index contributed by atoms with van der Waals surface area (Å²) >= 11 is 6.20. The van der Waals surface area contributed by atoms with Gasteiger partial charge in [-0.25, -0.2) is 4.68 Å². The van der Waals surface area contributed by atoms with Crippen LogP contribution in [-0.2, 0) is 24.2 Å². The van der Waals surface area contributed by atoms with E-state index in [1.165, 1.54) is 18.9 Å². The van der Waals surface area contributed by atoms with Crippen LogP contribution in [0.5, 0.6) is 11.5 Å². The number of halogens is 1. The quantitative estimate of drug-likeness (QED) is 0.607. The second-order valence-corrected chi connectivity index (χ2v) is 7.98. The van der Waals surface area contributed by atoms with Gasteiger partial charge in [0, 0.05) is 17.2 Å². The van der Waals surface area contributed by atoms with E-state index in [-0.39, 0.29) is 12.1 Å². The summed E-state index contributed by atoms with van der Waals surface area (Å²) in [5.41, 5.74) is 3.61. The normalized spacial score (nSPS) is 12.7. The number of benzene rings is 2. The summed E-state index contributed by atoms with van der Waals surface area (Å²) in [6, 6.07) is 12.9. The molecule has 3 aromatic rings. The Labute approximate surface area is 190 Å². The lowest BCUT2D eigenvalue weighted by atomic mass is 9.90. The minimum Gasteiger partial charge on any atom is -0.495 e. The Morgan fingerprint density at radius 3 is 2.44 bits per heavy atom. The summed E-state index contributed by atoms with van der Waals surface area (Å²) in [5.74, 6) is 0.422. The third kappa shape index (κ3) is 4.34. The molecule has 1 amide bonds. The fourth-order valence-corrected chi connectivity index (χ4v) is 4.24. The van der Waals surface area contributed by atoms with E-state index in [4.69, 9.17) is 21.1 Å². The number of ether oxygens (including phenoxy) is 2. The molecule has 0 fully saturated rings. The van der Waals surface area contributed by atoms with Crippen molar-refractivity contribution in [2.75, 3.05) is 19.5 Å². The van der Waals surface area contributed by atoms with E-state index >= 15 is 0 Å². The van der Waals surface area contributed by atoms with Crippen LogP contribution in [0, 0.1) is 0 Å². The SMILES string of the molecule is COc1cc(OC)c(NC(=O)Cn2nc(-c3ccccc3)c3c(c2=O)CCCC3)cc1Cl. The van der Waals surface area contributed by atoms with Gasteiger partial charge >= 0.3 is 0 Å². The first-order valence-electron chi connectivity index (χ1n) is 10.4. The Bertz CT molecular complexity index is 1210. The molecule has 1 aromatic heterocycles. The number of methoxy groups -OCH3 is 2. The number of carbonyl (C=O) groups excluding carboxylic acids is 1. The minimum atomic E-state index is -0.408. The molecule has 0 saturated carbocycles. The zero-order chi connectivity index (χ0) is 22.7. The molecule has 1 aliphatic rings. The minimum absolute atomic E-state index is 0.214. The van der Waals surface area contributed by atoms with E-state index in [0.29, 0.717) is 28.6 Å². The molecular formula is C24H24ClN3O4. The average Bonchev–Trinajstić information content (AvgIpc) is 2.81. The molecule has 1 heterocycles. The highest BCUT2D eigenvalue weighted by atomic mass is 35.5. The number of hydrogen-bond donors (Lipinski definition) is 1. The summed E-state index contributed by atoms with van der Waals surface area (Å²) in [4.78, 5) is 25.9. The van der Waals surface area contributed by atoms with Gasteiger partial charge in [0.1, 0.15) is 18.0 Å². The molecular weight excluding hydrogens is 430 g/mol. The molecule has 2 aromatic carbocycles. The summed E-state index contributed by atoms with van der Waals surface area (Å²) in [6.45, 7) is -0.223. The van der Waals surface area contributed by atoms with Crippen LogP contribution in [0.25, 0.3) is 11.3 Å². The molecule has 0 radical (unpaired) electrons. The van der Waals surface area contributed by atoms with E-state index in [0.717, 1.165) is 41.6 Å². The number of hydrogen-bond acceptors (Lipinski definition) is 5. The fourth-order valence-electron chi connectivity index (χ4n) is 4.00. The predicted molar refractivity (Wildman–Crippen MR) is 124 cm³/mol. The molecule has 0 unspecified atom stereocenters. The van der Waals surface area contributed by atoms with Gasteiger partial charge in [-0.15, -0.1) is 0 Å². The van der Waals surface area contributed by atoms with Gasteiger partial charge in [0.15, 0.2) is 0 Å². The van der Waals surface area contributed by atoms with E-state index in [1.54, 1.807) is 12.1 Å². The predicted octanol–water partition coefficient (Wildman–Crippen LogP) is 4.10. The van der Waals surface area contributed by atoms with Crippen LogP contribution < -0.4 is 20.3 Å². The molecule has 0 saturated heterocycles.